The molecule has 12 nitrogen and oxygen atoms in total. The molecule has 0 aliphatic carbocycles. The maximum atomic E-state index is 11.8. The minimum absolute atomic E-state index is 0. The standard InChI is InChI=1S/C29H28N6O6S.2Na/c1-14-9-18(5-7-21(14)32-34-23-13-20(29(37)38)24(36)11-16(23)3)19-6-8-22(15(2)10-19)33-35-28-26(30)17(4)12-25(27(28)31)42(39,40)41;;/h5-13,36H,30-31H2,1-4H3,(H,37,38)(H,39,40,41);;/q;2*+1/p-2. The molecule has 0 fully saturated rings. The van der Waals surface area contributed by atoms with Gasteiger partial charge >= 0.3 is 59.1 Å². The van der Waals surface area contributed by atoms with Gasteiger partial charge in [-0.05, 0) is 103 Å². The third kappa shape index (κ3) is 8.11. The number of aromatic carboxylic acids is 1. The summed E-state index contributed by atoms with van der Waals surface area (Å²) in [7, 11) is -4.59. The average Bonchev–Trinajstić information content (AvgIpc) is 2.90. The van der Waals surface area contributed by atoms with E-state index in [1.54, 1.807) is 26.0 Å². The third-order valence-corrected chi connectivity index (χ3v) is 7.49. The summed E-state index contributed by atoms with van der Waals surface area (Å²) in [4.78, 5) is 10.7. The van der Waals surface area contributed by atoms with Crippen molar-refractivity contribution >= 4 is 50.2 Å². The number of hydrogen-bond donors (Lipinski definition) is 3. The van der Waals surface area contributed by atoms with E-state index in [2.05, 4.69) is 20.5 Å². The topological polar surface area (TPSA) is 219 Å². The van der Waals surface area contributed by atoms with Gasteiger partial charge in [0.1, 0.15) is 10.6 Å². The third-order valence-electron chi connectivity index (χ3n) is 6.59. The van der Waals surface area contributed by atoms with E-state index in [4.69, 9.17) is 11.5 Å². The van der Waals surface area contributed by atoms with Gasteiger partial charge in [-0.3, -0.25) is 4.55 Å². The van der Waals surface area contributed by atoms with E-state index >= 15 is 0 Å². The first-order chi connectivity index (χ1) is 19.7. The van der Waals surface area contributed by atoms with Crippen LogP contribution in [0.5, 0.6) is 5.75 Å². The number of carbonyl (C=O) groups excluding carboxylic acids is 1. The largest absolute Gasteiger partial charge is 1.00 e. The molecule has 0 saturated carbocycles. The molecule has 216 valence electrons. The fourth-order valence-corrected chi connectivity index (χ4v) is 4.87. The van der Waals surface area contributed by atoms with Gasteiger partial charge in [-0.25, -0.2) is 0 Å². The number of aryl methyl sites for hydroxylation is 4. The SMILES string of the molecule is Cc1cc(-c2ccc(N=Nc3c(N)c(C)cc(S(=O)(=O)O)c3N)c(C)c2)ccc1N=Nc1cc(C(=O)[O-])c([O-])cc1C.[Na+].[Na+]. The van der Waals surface area contributed by atoms with Crippen LogP contribution in [-0.2, 0) is 10.1 Å². The first-order valence-corrected chi connectivity index (χ1v) is 13.9. The second-order valence-corrected chi connectivity index (χ2v) is 11.1. The quantitative estimate of drug-likeness (QED) is 0.102. The molecule has 0 aliphatic rings. The van der Waals surface area contributed by atoms with Gasteiger partial charge in [0.25, 0.3) is 10.1 Å². The van der Waals surface area contributed by atoms with Gasteiger partial charge in [0.15, 0.2) is 0 Å². The normalized spacial score (nSPS) is 11.4. The Kier molecular flexibility index (Phi) is 12.4. The molecular weight excluding hydrogens is 606 g/mol. The summed E-state index contributed by atoms with van der Waals surface area (Å²) in [5.41, 5.74) is 16.8. The fourth-order valence-electron chi connectivity index (χ4n) is 4.17. The summed E-state index contributed by atoms with van der Waals surface area (Å²) in [6.45, 7) is 6.88. The van der Waals surface area contributed by atoms with Crippen LogP contribution >= 0.6 is 0 Å². The van der Waals surface area contributed by atoms with E-state index < -0.39 is 32.3 Å². The Balaban J connectivity index is 0.00000337. The molecule has 15 heteroatoms. The van der Waals surface area contributed by atoms with Crippen LogP contribution in [0.2, 0.25) is 0 Å². The maximum absolute atomic E-state index is 11.8. The Hall–Kier alpha value is -3.14. The molecule has 0 aliphatic heterocycles. The molecule has 4 aromatic carbocycles. The smallest absolute Gasteiger partial charge is 0.872 e. The summed E-state index contributed by atoms with van der Waals surface area (Å²) >= 11 is 0. The Morgan fingerprint density at radius 1 is 0.705 bits per heavy atom. The molecule has 4 aromatic rings. The van der Waals surface area contributed by atoms with Gasteiger partial charge in [-0.2, -0.15) is 23.8 Å². The van der Waals surface area contributed by atoms with Crippen LogP contribution in [0.3, 0.4) is 0 Å². The van der Waals surface area contributed by atoms with Crippen LogP contribution in [0.1, 0.15) is 32.6 Å². The summed E-state index contributed by atoms with van der Waals surface area (Å²) in [6.07, 6.45) is 0. The molecule has 5 N–H and O–H groups in total. The van der Waals surface area contributed by atoms with Crippen LogP contribution in [-0.4, -0.2) is 18.9 Å². The summed E-state index contributed by atoms with van der Waals surface area (Å²) in [5.74, 6) is -2.22. The molecule has 0 aromatic heterocycles. The summed E-state index contributed by atoms with van der Waals surface area (Å²) in [5, 5.41) is 39.7. The van der Waals surface area contributed by atoms with Crippen molar-refractivity contribution < 1.29 is 87.1 Å². The molecule has 0 saturated heterocycles. The van der Waals surface area contributed by atoms with Gasteiger partial charge < -0.3 is 26.5 Å². The van der Waals surface area contributed by atoms with E-state index in [1.807, 2.05) is 38.1 Å². The molecule has 4 rings (SSSR count). The molecular formula is C29H26N6Na2O6S. The van der Waals surface area contributed by atoms with E-state index in [1.165, 1.54) is 12.1 Å². The summed E-state index contributed by atoms with van der Waals surface area (Å²) < 4.78 is 32.9. The van der Waals surface area contributed by atoms with Crippen molar-refractivity contribution in [2.24, 2.45) is 20.5 Å². The fraction of sp³-hybridized carbons (Fsp3) is 0.138. The van der Waals surface area contributed by atoms with Crippen LogP contribution < -0.4 is 80.8 Å². The number of carboxylic acid groups (broad SMARTS) is 1. The van der Waals surface area contributed by atoms with Crippen molar-refractivity contribution in [3.63, 3.8) is 0 Å². The Bertz CT molecular complexity index is 1930. The Morgan fingerprint density at radius 3 is 1.66 bits per heavy atom. The van der Waals surface area contributed by atoms with Crippen molar-refractivity contribution in [2.45, 2.75) is 32.6 Å². The van der Waals surface area contributed by atoms with Crippen molar-refractivity contribution in [1.29, 1.82) is 0 Å². The molecule has 0 bridgehead atoms. The zero-order valence-electron chi connectivity index (χ0n) is 25.0. The van der Waals surface area contributed by atoms with Gasteiger partial charge in [0.2, 0.25) is 0 Å². The number of rotatable bonds is 7. The molecule has 44 heavy (non-hydrogen) atoms. The van der Waals surface area contributed by atoms with Crippen molar-refractivity contribution in [2.75, 3.05) is 11.5 Å². The average molecular weight is 633 g/mol. The van der Waals surface area contributed by atoms with Gasteiger partial charge in [-0.1, -0.05) is 23.9 Å². The Morgan fingerprint density at radius 2 is 1.18 bits per heavy atom. The molecule has 0 radical (unpaired) electrons. The van der Waals surface area contributed by atoms with E-state index in [9.17, 15) is 28.0 Å². The number of carbonyl (C=O) groups is 1. The monoisotopic (exact) mass is 632 g/mol. The van der Waals surface area contributed by atoms with Crippen LogP contribution in [0, 0.1) is 27.7 Å². The maximum Gasteiger partial charge on any atom is 1.00 e. The van der Waals surface area contributed by atoms with Crippen LogP contribution in [0.25, 0.3) is 11.1 Å². The predicted octanol–water partition coefficient (Wildman–Crippen LogP) is -0.726. The first-order valence-electron chi connectivity index (χ1n) is 12.4. The van der Waals surface area contributed by atoms with Crippen LogP contribution in [0.4, 0.5) is 34.1 Å². The minimum atomic E-state index is -4.59. The summed E-state index contributed by atoms with van der Waals surface area (Å²) in [6, 6.07) is 14.5. The molecule has 0 amide bonds. The zero-order chi connectivity index (χ0) is 30.9. The van der Waals surface area contributed by atoms with E-state index in [0.29, 0.717) is 22.5 Å². The van der Waals surface area contributed by atoms with Gasteiger partial charge in [0, 0.05) is 0 Å². The van der Waals surface area contributed by atoms with Crippen molar-refractivity contribution in [3.05, 3.63) is 82.4 Å². The number of hydrogen-bond acceptors (Lipinski definition) is 11. The van der Waals surface area contributed by atoms with Gasteiger partial charge in [0.05, 0.1) is 34.4 Å². The number of nitrogens with zero attached hydrogens (tertiary/aromatic N) is 4. The zero-order valence-corrected chi connectivity index (χ0v) is 29.9. The number of carboxylic acids is 1. The second-order valence-electron chi connectivity index (χ2n) is 9.67. The number of nitrogens with two attached hydrogens (primary N) is 2. The number of benzene rings is 4. The minimum Gasteiger partial charge on any atom is -0.872 e. The van der Waals surface area contributed by atoms with E-state index in [-0.39, 0.29) is 81.9 Å². The number of anilines is 2. The molecule has 0 heterocycles. The second kappa shape index (κ2) is 14.8. The van der Waals surface area contributed by atoms with E-state index in [0.717, 1.165) is 28.3 Å². The first kappa shape index (κ1) is 37.0. The number of azo groups is 2. The Labute approximate surface area is 298 Å². The van der Waals surface area contributed by atoms with Crippen molar-refractivity contribution in [1.82, 2.24) is 0 Å². The molecule has 0 atom stereocenters. The van der Waals surface area contributed by atoms with Gasteiger partial charge in [-0.15, -0.1) is 5.11 Å². The predicted molar refractivity (Wildman–Crippen MR) is 154 cm³/mol. The van der Waals surface area contributed by atoms with Crippen molar-refractivity contribution in [3.8, 4) is 16.9 Å². The molecule has 0 unspecified atom stereocenters. The number of nitrogen functional groups attached to an aromatic ring is 2. The van der Waals surface area contributed by atoms with Crippen LogP contribution in [0.15, 0.2) is 79.9 Å². The molecule has 0 spiro atoms.